The molecule has 2 heterocycles. The SMILES string of the molecule is CC(C)(C)OC(=O)Nc1cncc(-c2ccnc(C(=N)N)c2)c1. The Hall–Kier alpha value is -2.96. The van der Waals surface area contributed by atoms with Gasteiger partial charge in [-0.05, 0) is 44.5 Å². The van der Waals surface area contributed by atoms with Gasteiger partial charge in [0.15, 0.2) is 0 Å². The summed E-state index contributed by atoms with van der Waals surface area (Å²) in [6.07, 6.45) is 4.20. The van der Waals surface area contributed by atoms with Gasteiger partial charge in [0.05, 0.1) is 11.9 Å². The lowest BCUT2D eigenvalue weighted by Crippen LogP contribution is -2.27. The highest BCUT2D eigenvalue weighted by Gasteiger charge is 2.16. The maximum absolute atomic E-state index is 11.8. The van der Waals surface area contributed by atoms with Gasteiger partial charge in [-0.3, -0.25) is 20.7 Å². The van der Waals surface area contributed by atoms with Crippen LogP contribution in [0.1, 0.15) is 26.5 Å². The van der Waals surface area contributed by atoms with E-state index in [2.05, 4.69) is 15.3 Å². The summed E-state index contributed by atoms with van der Waals surface area (Å²) in [6.45, 7) is 5.38. The molecule has 1 amide bonds. The van der Waals surface area contributed by atoms with E-state index in [1.54, 1.807) is 51.4 Å². The summed E-state index contributed by atoms with van der Waals surface area (Å²) < 4.78 is 5.21. The first kappa shape index (κ1) is 16.4. The Kier molecular flexibility index (Phi) is 4.59. The fraction of sp³-hybridized carbons (Fsp3) is 0.250. The number of nitrogen functional groups attached to an aromatic ring is 1. The fourth-order valence-corrected chi connectivity index (χ4v) is 1.85. The molecule has 2 aromatic rings. The molecule has 0 aliphatic heterocycles. The normalized spacial score (nSPS) is 10.9. The van der Waals surface area contributed by atoms with Crippen LogP contribution in [0.4, 0.5) is 10.5 Å². The molecule has 0 aliphatic carbocycles. The van der Waals surface area contributed by atoms with Crippen LogP contribution in [-0.2, 0) is 4.74 Å². The van der Waals surface area contributed by atoms with Crippen LogP contribution in [0.25, 0.3) is 11.1 Å². The number of rotatable bonds is 3. The van der Waals surface area contributed by atoms with E-state index < -0.39 is 11.7 Å². The molecule has 7 nitrogen and oxygen atoms in total. The van der Waals surface area contributed by atoms with E-state index in [4.69, 9.17) is 15.9 Å². The highest BCUT2D eigenvalue weighted by atomic mass is 16.6. The van der Waals surface area contributed by atoms with Crippen molar-refractivity contribution in [3.05, 3.63) is 42.5 Å². The number of ether oxygens (including phenoxy) is 1. The Morgan fingerprint density at radius 1 is 1.26 bits per heavy atom. The third-order valence-electron chi connectivity index (χ3n) is 2.75. The zero-order valence-electron chi connectivity index (χ0n) is 13.3. The zero-order valence-corrected chi connectivity index (χ0v) is 13.3. The van der Waals surface area contributed by atoms with Gasteiger partial charge in [0, 0.05) is 18.0 Å². The molecule has 0 spiro atoms. The van der Waals surface area contributed by atoms with E-state index in [-0.39, 0.29) is 5.84 Å². The first-order valence-electron chi connectivity index (χ1n) is 7.00. The molecule has 0 unspecified atom stereocenters. The van der Waals surface area contributed by atoms with Crippen molar-refractivity contribution in [2.45, 2.75) is 26.4 Å². The number of hydrogen-bond acceptors (Lipinski definition) is 5. The fourth-order valence-electron chi connectivity index (χ4n) is 1.85. The number of anilines is 1. The van der Waals surface area contributed by atoms with Gasteiger partial charge in [0.25, 0.3) is 0 Å². The largest absolute Gasteiger partial charge is 0.444 e. The van der Waals surface area contributed by atoms with E-state index >= 15 is 0 Å². The van der Waals surface area contributed by atoms with Crippen molar-refractivity contribution in [2.75, 3.05) is 5.32 Å². The Morgan fingerprint density at radius 3 is 2.65 bits per heavy atom. The standard InChI is InChI=1S/C16H19N5O2/c1-16(2,3)23-15(22)21-12-6-11(8-19-9-12)10-4-5-20-13(7-10)14(17)18/h4-9H,1-3H3,(H3,17,18)(H,21,22). The second-order valence-electron chi connectivity index (χ2n) is 5.93. The molecule has 0 bridgehead atoms. The number of nitrogens with zero attached hydrogens (tertiary/aromatic N) is 2. The van der Waals surface area contributed by atoms with Crippen molar-refractivity contribution in [3.63, 3.8) is 0 Å². The minimum atomic E-state index is -0.573. The predicted molar refractivity (Wildman–Crippen MR) is 88.3 cm³/mol. The van der Waals surface area contributed by atoms with Gasteiger partial charge in [-0.1, -0.05) is 0 Å². The lowest BCUT2D eigenvalue weighted by molar-refractivity contribution is 0.0636. The van der Waals surface area contributed by atoms with Crippen LogP contribution in [0.3, 0.4) is 0 Å². The van der Waals surface area contributed by atoms with Crippen molar-refractivity contribution < 1.29 is 9.53 Å². The summed E-state index contributed by atoms with van der Waals surface area (Å²) in [6, 6.07) is 5.23. The quantitative estimate of drug-likeness (QED) is 0.595. The molecule has 0 aromatic carbocycles. The van der Waals surface area contributed by atoms with Gasteiger partial charge in [-0.15, -0.1) is 0 Å². The molecule has 0 saturated heterocycles. The van der Waals surface area contributed by atoms with Crippen molar-refractivity contribution >= 4 is 17.6 Å². The number of nitrogens with two attached hydrogens (primary N) is 1. The van der Waals surface area contributed by atoms with Gasteiger partial charge in [0.1, 0.15) is 17.1 Å². The molecule has 120 valence electrons. The Morgan fingerprint density at radius 2 is 2.00 bits per heavy atom. The van der Waals surface area contributed by atoms with Gasteiger partial charge < -0.3 is 10.5 Å². The summed E-state index contributed by atoms with van der Waals surface area (Å²) in [5.74, 6) is -0.108. The molecule has 23 heavy (non-hydrogen) atoms. The lowest BCUT2D eigenvalue weighted by Gasteiger charge is -2.19. The van der Waals surface area contributed by atoms with Crippen molar-refractivity contribution in [3.8, 4) is 11.1 Å². The molecule has 2 aromatic heterocycles. The van der Waals surface area contributed by atoms with E-state index in [0.29, 0.717) is 11.4 Å². The first-order valence-corrected chi connectivity index (χ1v) is 7.00. The molecule has 0 atom stereocenters. The summed E-state index contributed by atoms with van der Waals surface area (Å²) in [4.78, 5) is 19.9. The number of amidine groups is 1. The van der Waals surface area contributed by atoms with Crippen LogP contribution in [0.2, 0.25) is 0 Å². The number of aromatic nitrogens is 2. The Balaban J connectivity index is 2.22. The second kappa shape index (κ2) is 6.43. The number of nitrogens with one attached hydrogen (secondary N) is 2. The van der Waals surface area contributed by atoms with Crippen LogP contribution in [0.15, 0.2) is 36.8 Å². The summed E-state index contributed by atoms with van der Waals surface area (Å²) in [5.41, 5.74) is 7.33. The van der Waals surface area contributed by atoms with Gasteiger partial charge in [0.2, 0.25) is 0 Å². The van der Waals surface area contributed by atoms with E-state index in [9.17, 15) is 4.79 Å². The van der Waals surface area contributed by atoms with Crippen LogP contribution in [0, 0.1) is 5.41 Å². The first-order chi connectivity index (χ1) is 10.7. The molecule has 0 fully saturated rings. The van der Waals surface area contributed by atoms with Crippen LogP contribution in [-0.4, -0.2) is 27.5 Å². The van der Waals surface area contributed by atoms with Crippen LogP contribution < -0.4 is 11.1 Å². The summed E-state index contributed by atoms with van der Waals surface area (Å²) in [5, 5.41) is 10.1. The predicted octanol–water partition coefficient (Wildman–Crippen LogP) is 2.77. The molecule has 4 N–H and O–H groups in total. The summed E-state index contributed by atoms with van der Waals surface area (Å²) in [7, 11) is 0. The highest BCUT2D eigenvalue weighted by molar-refractivity contribution is 5.94. The lowest BCUT2D eigenvalue weighted by atomic mass is 10.1. The topological polar surface area (TPSA) is 114 Å². The molecule has 0 saturated carbocycles. The number of carbonyl (C=O) groups excluding carboxylic acids is 1. The molecule has 0 aliphatic rings. The number of hydrogen-bond donors (Lipinski definition) is 3. The smallest absolute Gasteiger partial charge is 0.412 e. The van der Waals surface area contributed by atoms with Gasteiger partial charge >= 0.3 is 6.09 Å². The summed E-state index contributed by atoms with van der Waals surface area (Å²) >= 11 is 0. The van der Waals surface area contributed by atoms with E-state index in [1.165, 1.54) is 6.20 Å². The Bertz CT molecular complexity index is 737. The maximum atomic E-state index is 11.8. The molecule has 2 rings (SSSR count). The number of carbonyl (C=O) groups is 1. The van der Waals surface area contributed by atoms with Crippen molar-refractivity contribution in [2.24, 2.45) is 5.73 Å². The third kappa shape index (κ3) is 4.77. The monoisotopic (exact) mass is 313 g/mol. The minimum absolute atomic E-state index is 0.108. The van der Waals surface area contributed by atoms with E-state index in [1.807, 2.05) is 0 Å². The third-order valence-corrected chi connectivity index (χ3v) is 2.75. The molecular weight excluding hydrogens is 294 g/mol. The van der Waals surface area contributed by atoms with Gasteiger partial charge in [-0.2, -0.15) is 0 Å². The average Bonchev–Trinajstić information content (AvgIpc) is 2.45. The number of pyridine rings is 2. The van der Waals surface area contributed by atoms with E-state index in [0.717, 1.165) is 11.1 Å². The Labute approximate surface area is 134 Å². The zero-order chi connectivity index (χ0) is 17.0. The van der Waals surface area contributed by atoms with Crippen molar-refractivity contribution in [1.82, 2.24) is 9.97 Å². The van der Waals surface area contributed by atoms with Crippen molar-refractivity contribution in [1.29, 1.82) is 5.41 Å². The number of amides is 1. The van der Waals surface area contributed by atoms with Crippen LogP contribution >= 0.6 is 0 Å². The minimum Gasteiger partial charge on any atom is -0.444 e. The highest BCUT2D eigenvalue weighted by Crippen LogP contribution is 2.22. The molecular formula is C16H19N5O2. The average molecular weight is 313 g/mol. The molecule has 7 heteroatoms. The van der Waals surface area contributed by atoms with Gasteiger partial charge in [-0.25, -0.2) is 4.79 Å². The van der Waals surface area contributed by atoms with Crippen LogP contribution in [0.5, 0.6) is 0 Å². The second-order valence-corrected chi connectivity index (χ2v) is 5.93. The molecule has 0 radical (unpaired) electrons. The maximum Gasteiger partial charge on any atom is 0.412 e.